The first-order valence-corrected chi connectivity index (χ1v) is 11.9. The lowest BCUT2D eigenvalue weighted by Crippen LogP contribution is -2.47. The molecule has 0 aliphatic heterocycles. The SMILES string of the molecule is O=C(N[C@H](C(Cl)(Cl)Cl)P(=O)(c1ccccc1)c1ccccc1)c1ccccc1Cl. The number of carbonyl (C=O) groups is 1. The second-order valence-corrected chi connectivity index (χ2v) is 11.9. The first-order valence-electron chi connectivity index (χ1n) is 8.57. The van der Waals surface area contributed by atoms with Crippen LogP contribution in [0.2, 0.25) is 5.02 Å². The molecule has 0 heterocycles. The standard InChI is InChI=1S/C21H16Cl4NO2P/c22-18-14-8-7-13-17(18)19(27)26-20(21(23,24)25)29(28,15-9-3-1-4-10-15)16-11-5-2-6-12-16/h1-14,20H,(H,26,27)/t20-/m0/s1. The lowest BCUT2D eigenvalue weighted by Gasteiger charge is -2.34. The number of hydrogen-bond acceptors (Lipinski definition) is 2. The molecule has 1 atom stereocenters. The summed E-state index contributed by atoms with van der Waals surface area (Å²) in [5, 5.41) is 3.83. The number of alkyl halides is 3. The van der Waals surface area contributed by atoms with E-state index in [1.54, 1.807) is 84.9 Å². The fourth-order valence-corrected chi connectivity index (χ4v) is 7.43. The van der Waals surface area contributed by atoms with Crippen LogP contribution in [-0.4, -0.2) is 15.5 Å². The van der Waals surface area contributed by atoms with Gasteiger partial charge in [-0.25, -0.2) is 0 Å². The Bertz CT molecular complexity index is 996. The minimum atomic E-state index is -3.62. The van der Waals surface area contributed by atoms with Gasteiger partial charge in [0.2, 0.25) is 3.79 Å². The maximum Gasteiger partial charge on any atom is 0.253 e. The highest BCUT2D eigenvalue weighted by Crippen LogP contribution is 2.55. The largest absolute Gasteiger partial charge is 0.338 e. The highest BCUT2D eigenvalue weighted by atomic mass is 35.6. The molecule has 0 aliphatic carbocycles. The molecular weight excluding hydrogens is 471 g/mol. The molecule has 1 N–H and O–H groups in total. The molecule has 3 nitrogen and oxygen atoms in total. The van der Waals surface area contributed by atoms with Crippen molar-refractivity contribution in [2.24, 2.45) is 0 Å². The molecule has 3 aromatic rings. The van der Waals surface area contributed by atoms with Crippen molar-refractivity contribution in [2.75, 3.05) is 0 Å². The molecule has 1 amide bonds. The van der Waals surface area contributed by atoms with Gasteiger partial charge in [0.15, 0.2) is 7.14 Å². The molecule has 29 heavy (non-hydrogen) atoms. The van der Waals surface area contributed by atoms with E-state index in [1.165, 1.54) is 0 Å². The second kappa shape index (κ2) is 9.12. The molecule has 3 rings (SSSR count). The van der Waals surface area contributed by atoms with Gasteiger partial charge in [-0.05, 0) is 12.1 Å². The lowest BCUT2D eigenvalue weighted by molar-refractivity contribution is 0.0948. The Hall–Kier alpha value is -1.48. The monoisotopic (exact) mass is 485 g/mol. The smallest absolute Gasteiger partial charge is 0.253 e. The Labute approximate surface area is 189 Å². The summed E-state index contributed by atoms with van der Waals surface area (Å²) < 4.78 is 12.5. The maximum absolute atomic E-state index is 14.5. The van der Waals surface area contributed by atoms with Crippen LogP contribution in [0.3, 0.4) is 0 Å². The predicted molar refractivity (Wildman–Crippen MR) is 123 cm³/mol. The van der Waals surface area contributed by atoms with Crippen LogP contribution < -0.4 is 15.9 Å². The van der Waals surface area contributed by atoms with E-state index in [2.05, 4.69) is 5.32 Å². The van der Waals surface area contributed by atoms with E-state index in [-0.39, 0.29) is 10.6 Å². The van der Waals surface area contributed by atoms with Crippen molar-refractivity contribution in [1.82, 2.24) is 5.32 Å². The van der Waals surface area contributed by atoms with E-state index in [0.717, 1.165) is 0 Å². The first-order chi connectivity index (χ1) is 13.7. The zero-order chi connectivity index (χ0) is 21.1. The molecule has 0 saturated carbocycles. The fourth-order valence-electron chi connectivity index (χ4n) is 2.97. The number of halogens is 4. The number of amides is 1. The molecule has 0 radical (unpaired) electrons. The van der Waals surface area contributed by atoms with Gasteiger partial charge >= 0.3 is 0 Å². The average Bonchev–Trinajstić information content (AvgIpc) is 2.72. The van der Waals surface area contributed by atoms with Crippen LogP contribution in [0.5, 0.6) is 0 Å². The molecule has 0 saturated heterocycles. The zero-order valence-electron chi connectivity index (χ0n) is 14.9. The van der Waals surface area contributed by atoms with Gasteiger partial charge in [-0.3, -0.25) is 4.79 Å². The summed E-state index contributed by atoms with van der Waals surface area (Å²) in [6.07, 6.45) is 0. The third-order valence-corrected chi connectivity index (χ3v) is 9.15. The summed E-state index contributed by atoms with van der Waals surface area (Å²) in [6, 6.07) is 23.8. The average molecular weight is 487 g/mol. The topological polar surface area (TPSA) is 46.2 Å². The number of rotatable bonds is 5. The Morgan fingerprint density at radius 1 is 0.793 bits per heavy atom. The minimum absolute atomic E-state index is 0.195. The molecule has 0 aliphatic rings. The molecule has 0 spiro atoms. The number of benzene rings is 3. The summed E-state index contributed by atoms with van der Waals surface area (Å²) in [5.74, 6) is -1.91. The predicted octanol–water partition coefficient (Wildman–Crippen LogP) is 5.78. The normalized spacial score (nSPS) is 13.0. The van der Waals surface area contributed by atoms with Gasteiger partial charge in [-0.2, -0.15) is 0 Å². The molecular formula is C21H16Cl4NO2P. The van der Waals surface area contributed by atoms with Crippen LogP contribution in [0, 0.1) is 0 Å². The summed E-state index contributed by atoms with van der Waals surface area (Å²) in [5.41, 5.74) is 0.195. The van der Waals surface area contributed by atoms with E-state index in [0.29, 0.717) is 10.6 Å². The molecule has 0 unspecified atom stereocenters. The number of carbonyl (C=O) groups excluding carboxylic acids is 1. The Balaban J connectivity index is 2.15. The van der Waals surface area contributed by atoms with Crippen LogP contribution in [0.1, 0.15) is 10.4 Å². The lowest BCUT2D eigenvalue weighted by atomic mass is 10.2. The second-order valence-electron chi connectivity index (χ2n) is 6.23. The van der Waals surface area contributed by atoms with E-state index in [1.807, 2.05) is 0 Å². The molecule has 0 bridgehead atoms. The number of nitrogens with one attached hydrogen (secondary N) is 1. The molecule has 3 aromatic carbocycles. The van der Waals surface area contributed by atoms with Crippen LogP contribution >= 0.6 is 53.5 Å². The third-order valence-electron chi connectivity index (χ3n) is 4.34. The van der Waals surface area contributed by atoms with E-state index < -0.39 is 22.6 Å². The highest BCUT2D eigenvalue weighted by molar-refractivity contribution is 7.79. The van der Waals surface area contributed by atoms with Gasteiger partial charge in [-0.15, -0.1) is 0 Å². The van der Waals surface area contributed by atoms with Gasteiger partial charge < -0.3 is 9.88 Å². The Morgan fingerprint density at radius 3 is 1.69 bits per heavy atom. The summed E-state index contributed by atoms with van der Waals surface area (Å²) >= 11 is 24.9. The molecule has 0 fully saturated rings. The maximum atomic E-state index is 14.5. The van der Waals surface area contributed by atoms with Crippen LogP contribution in [0.25, 0.3) is 0 Å². The van der Waals surface area contributed by atoms with E-state index >= 15 is 0 Å². The van der Waals surface area contributed by atoms with Gasteiger partial charge in [0.25, 0.3) is 5.91 Å². The number of hydrogen-bond donors (Lipinski definition) is 1. The minimum Gasteiger partial charge on any atom is -0.338 e. The van der Waals surface area contributed by atoms with Gasteiger partial charge in [0, 0.05) is 10.6 Å². The quantitative estimate of drug-likeness (QED) is 0.367. The first kappa shape index (κ1) is 22.2. The summed E-state index contributed by atoms with van der Waals surface area (Å²) in [6.45, 7) is 0. The summed E-state index contributed by atoms with van der Waals surface area (Å²) in [7, 11) is -3.62. The van der Waals surface area contributed by atoms with E-state index in [4.69, 9.17) is 46.4 Å². The van der Waals surface area contributed by atoms with Gasteiger partial charge in [0.1, 0.15) is 5.78 Å². The molecule has 0 aromatic heterocycles. The molecule has 8 heteroatoms. The highest BCUT2D eigenvalue weighted by Gasteiger charge is 2.49. The van der Waals surface area contributed by atoms with Gasteiger partial charge in [0.05, 0.1) is 10.6 Å². The van der Waals surface area contributed by atoms with Gasteiger partial charge in [-0.1, -0.05) is 119 Å². The van der Waals surface area contributed by atoms with Crippen LogP contribution in [0.4, 0.5) is 0 Å². The fraction of sp³-hybridized carbons (Fsp3) is 0.0952. The van der Waals surface area contributed by atoms with Crippen molar-refractivity contribution < 1.29 is 9.36 Å². The van der Waals surface area contributed by atoms with Crippen LogP contribution in [-0.2, 0) is 4.57 Å². The Kier molecular flexibility index (Phi) is 6.98. The molecule has 150 valence electrons. The third kappa shape index (κ3) is 4.82. The van der Waals surface area contributed by atoms with Crippen molar-refractivity contribution in [2.45, 2.75) is 9.58 Å². The van der Waals surface area contributed by atoms with Crippen molar-refractivity contribution in [3.05, 3.63) is 95.5 Å². The van der Waals surface area contributed by atoms with Crippen LogP contribution in [0.15, 0.2) is 84.9 Å². The Morgan fingerprint density at radius 2 is 1.24 bits per heavy atom. The van der Waals surface area contributed by atoms with E-state index in [9.17, 15) is 9.36 Å². The van der Waals surface area contributed by atoms with Crippen molar-refractivity contribution in [3.63, 3.8) is 0 Å². The summed E-state index contributed by atoms with van der Waals surface area (Å²) in [4.78, 5) is 12.9. The van der Waals surface area contributed by atoms with Crippen molar-refractivity contribution >= 4 is 70.1 Å². The van der Waals surface area contributed by atoms with Crippen molar-refractivity contribution in [3.8, 4) is 0 Å². The van der Waals surface area contributed by atoms with Crippen molar-refractivity contribution in [1.29, 1.82) is 0 Å². The zero-order valence-corrected chi connectivity index (χ0v) is 18.9.